The number of hydrogen-bond acceptors (Lipinski definition) is 3. The van der Waals surface area contributed by atoms with Crippen LogP contribution in [0.15, 0.2) is 18.2 Å². The highest BCUT2D eigenvalue weighted by molar-refractivity contribution is 6.30. The highest BCUT2D eigenvalue weighted by atomic mass is 35.5. The molecule has 3 nitrogen and oxygen atoms in total. The van der Waals surface area contributed by atoms with Gasteiger partial charge >= 0.3 is 0 Å². The third kappa shape index (κ3) is 2.94. The fourth-order valence-electron chi connectivity index (χ4n) is 1.82. The molecular formula is C11H16Cl2N2O. The molecular weight excluding hydrogens is 247 g/mol. The van der Waals surface area contributed by atoms with E-state index >= 15 is 0 Å². The summed E-state index contributed by atoms with van der Waals surface area (Å²) in [5, 5.41) is 4.04. The molecule has 1 aliphatic rings. The Morgan fingerprint density at radius 2 is 2.00 bits per heavy atom. The van der Waals surface area contributed by atoms with Crippen LogP contribution in [-0.4, -0.2) is 33.3 Å². The molecule has 1 fully saturated rings. The number of benzene rings is 1. The molecule has 0 unspecified atom stereocenters. The Morgan fingerprint density at radius 1 is 1.31 bits per heavy atom. The van der Waals surface area contributed by atoms with Gasteiger partial charge in [0, 0.05) is 37.3 Å². The molecule has 1 N–H and O–H groups in total. The molecule has 90 valence electrons. The summed E-state index contributed by atoms with van der Waals surface area (Å²) in [7, 11) is 1.68. The average molecular weight is 263 g/mol. The van der Waals surface area contributed by atoms with Crippen LogP contribution >= 0.6 is 24.0 Å². The normalized spacial score (nSPS) is 15.5. The monoisotopic (exact) mass is 262 g/mol. The second kappa shape index (κ2) is 6.18. The van der Waals surface area contributed by atoms with Crippen molar-refractivity contribution in [3.8, 4) is 5.75 Å². The number of halogens is 2. The first kappa shape index (κ1) is 13.4. The van der Waals surface area contributed by atoms with Crippen LogP contribution < -0.4 is 15.0 Å². The molecule has 0 aromatic heterocycles. The lowest BCUT2D eigenvalue weighted by Crippen LogP contribution is -2.43. The molecule has 0 amide bonds. The van der Waals surface area contributed by atoms with Crippen LogP contribution in [0.25, 0.3) is 0 Å². The molecule has 1 saturated heterocycles. The highest BCUT2D eigenvalue weighted by Gasteiger charge is 2.14. The second-order valence-electron chi connectivity index (χ2n) is 3.55. The summed E-state index contributed by atoms with van der Waals surface area (Å²) >= 11 is 5.92. The summed E-state index contributed by atoms with van der Waals surface area (Å²) in [5.74, 6) is 0.851. The third-order valence-corrected chi connectivity index (χ3v) is 2.83. The topological polar surface area (TPSA) is 24.5 Å². The van der Waals surface area contributed by atoms with E-state index < -0.39 is 0 Å². The lowest BCUT2D eigenvalue weighted by atomic mass is 10.2. The molecule has 0 spiro atoms. The maximum atomic E-state index is 5.92. The summed E-state index contributed by atoms with van der Waals surface area (Å²) in [6.07, 6.45) is 0. The Labute approximate surface area is 107 Å². The minimum absolute atomic E-state index is 0. The van der Waals surface area contributed by atoms with E-state index in [4.69, 9.17) is 16.3 Å². The first-order valence-electron chi connectivity index (χ1n) is 5.10. The van der Waals surface area contributed by atoms with Crippen molar-refractivity contribution < 1.29 is 4.74 Å². The summed E-state index contributed by atoms with van der Waals surface area (Å²) in [4.78, 5) is 2.31. The van der Waals surface area contributed by atoms with Crippen LogP contribution in [0.2, 0.25) is 5.02 Å². The Morgan fingerprint density at radius 3 is 2.62 bits per heavy atom. The van der Waals surface area contributed by atoms with Crippen molar-refractivity contribution in [3.05, 3.63) is 23.2 Å². The van der Waals surface area contributed by atoms with Crippen molar-refractivity contribution >= 4 is 29.7 Å². The zero-order chi connectivity index (χ0) is 10.7. The van der Waals surface area contributed by atoms with E-state index in [1.54, 1.807) is 7.11 Å². The lowest BCUT2D eigenvalue weighted by molar-refractivity contribution is 0.413. The number of rotatable bonds is 2. The first-order chi connectivity index (χ1) is 7.31. The van der Waals surface area contributed by atoms with Crippen molar-refractivity contribution in [2.45, 2.75) is 0 Å². The predicted octanol–water partition coefficient (Wildman–Crippen LogP) is 2.18. The predicted molar refractivity (Wildman–Crippen MR) is 70.3 cm³/mol. The van der Waals surface area contributed by atoms with Gasteiger partial charge in [0.1, 0.15) is 5.75 Å². The van der Waals surface area contributed by atoms with E-state index in [1.807, 2.05) is 18.2 Å². The maximum absolute atomic E-state index is 5.92. The number of piperazine rings is 1. The van der Waals surface area contributed by atoms with Gasteiger partial charge < -0.3 is 15.0 Å². The molecule has 1 aromatic rings. The van der Waals surface area contributed by atoms with Crippen LogP contribution in [0, 0.1) is 0 Å². The second-order valence-corrected chi connectivity index (χ2v) is 3.99. The molecule has 1 heterocycles. The molecule has 0 atom stereocenters. The molecule has 0 aliphatic carbocycles. The van der Waals surface area contributed by atoms with Crippen molar-refractivity contribution in [3.63, 3.8) is 0 Å². The molecule has 2 rings (SSSR count). The Bertz CT molecular complexity index is 341. The minimum Gasteiger partial charge on any atom is -0.495 e. The van der Waals surface area contributed by atoms with Gasteiger partial charge in [0.25, 0.3) is 0 Å². The molecule has 0 saturated carbocycles. The van der Waals surface area contributed by atoms with E-state index in [0.717, 1.165) is 37.6 Å². The van der Waals surface area contributed by atoms with Crippen LogP contribution in [0.3, 0.4) is 0 Å². The molecule has 0 radical (unpaired) electrons. The summed E-state index contributed by atoms with van der Waals surface area (Å²) in [5.41, 5.74) is 1.13. The van der Waals surface area contributed by atoms with Gasteiger partial charge in [0.2, 0.25) is 0 Å². The van der Waals surface area contributed by atoms with Gasteiger partial charge in [0.05, 0.1) is 12.8 Å². The largest absolute Gasteiger partial charge is 0.495 e. The van der Waals surface area contributed by atoms with Crippen molar-refractivity contribution in [1.29, 1.82) is 0 Å². The van der Waals surface area contributed by atoms with Crippen molar-refractivity contribution in [2.24, 2.45) is 0 Å². The van der Waals surface area contributed by atoms with E-state index in [-0.39, 0.29) is 12.4 Å². The number of anilines is 1. The van der Waals surface area contributed by atoms with Gasteiger partial charge in [-0.1, -0.05) is 11.6 Å². The van der Waals surface area contributed by atoms with E-state index in [9.17, 15) is 0 Å². The lowest BCUT2D eigenvalue weighted by Gasteiger charge is -2.30. The van der Waals surface area contributed by atoms with Crippen LogP contribution in [0.1, 0.15) is 0 Å². The fourth-order valence-corrected chi connectivity index (χ4v) is 1.98. The number of methoxy groups -OCH3 is 1. The molecule has 5 heteroatoms. The molecule has 1 aliphatic heterocycles. The van der Waals surface area contributed by atoms with Crippen LogP contribution in [0.4, 0.5) is 5.69 Å². The zero-order valence-corrected chi connectivity index (χ0v) is 10.8. The first-order valence-corrected chi connectivity index (χ1v) is 5.48. The smallest absolute Gasteiger partial charge is 0.143 e. The van der Waals surface area contributed by atoms with Gasteiger partial charge in [-0.2, -0.15) is 0 Å². The number of ether oxygens (including phenoxy) is 1. The number of hydrogen-bond donors (Lipinski definition) is 1. The maximum Gasteiger partial charge on any atom is 0.143 e. The van der Waals surface area contributed by atoms with Gasteiger partial charge in [-0.05, 0) is 12.1 Å². The van der Waals surface area contributed by atoms with Crippen molar-refractivity contribution in [2.75, 3.05) is 38.2 Å². The Kier molecular flexibility index (Phi) is 5.19. The summed E-state index contributed by atoms with van der Waals surface area (Å²) < 4.78 is 5.33. The standard InChI is InChI=1S/C11H15ClN2O.ClH/c1-15-11-8-9(12)2-3-10(11)14-6-4-13-5-7-14;/h2-3,8,13H,4-7H2,1H3;1H. The molecule has 16 heavy (non-hydrogen) atoms. The average Bonchev–Trinajstić information content (AvgIpc) is 2.30. The van der Waals surface area contributed by atoms with E-state index in [1.165, 1.54) is 0 Å². The summed E-state index contributed by atoms with van der Waals surface area (Å²) in [6, 6.07) is 5.78. The van der Waals surface area contributed by atoms with Crippen molar-refractivity contribution in [1.82, 2.24) is 5.32 Å². The number of nitrogens with one attached hydrogen (secondary N) is 1. The Balaban J connectivity index is 0.00000128. The quantitative estimate of drug-likeness (QED) is 0.885. The van der Waals surface area contributed by atoms with Gasteiger partial charge in [-0.25, -0.2) is 0 Å². The number of nitrogens with zero attached hydrogens (tertiary/aromatic N) is 1. The van der Waals surface area contributed by atoms with Gasteiger partial charge in [0.15, 0.2) is 0 Å². The summed E-state index contributed by atoms with van der Waals surface area (Å²) in [6.45, 7) is 4.06. The fraction of sp³-hybridized carbons (Fsp3) is 0.455. The third-order valence-electron chi connectivity index (χ3n) is 2.60. The Hall–Kier alpha value is -0.640. The SMILES string of the molecule is COc1cc(Cl)ccc1N1CCNCC1.Cl. The van der Waals surface area contributed by atoms with Gasteiger partial charge in [-0.3, -0.25) is 0 Å². The highest BCUT2D eigenvalue weighted by Crippen LogP contribution is 2.31. The van der Waals surface area contributed by atoms with Gasteiger partial charge in [-0.15, -0.1) is 12.4 Å². The van der Waals surface area contributed by atoms with Crippen LogP contribution in [0.5, 0.6) is 5.75 Å². The zero-order valence-electron chi connectivity index (χ0n) is 9.20. The molecule has 1 aromatic carbocycles. The molecule has 0 bridgehead atoms. The minimum atomic E-state index is 0. The van der Waals surface area contributed by atoms with Crippen LogP contribution in [-0.2, 0) is 0 Å². The van der Waals surface area contributed by atoms with E-state index in [0.29, 0.717) is 5.02 Å². The van der Waals surface area contributed by atoms with E-state index in [2.05, 4.69) is 10.2 Å².